The van der Waals surface area contributed by atoms with Gasteiger partial charge in [0.15, 0.2) is 0 Å². The van der Waals surface area contributed by atoms with Gasteiger partial charge in [0.25, 0.3) is 0 Å². The maximum atomic E-state index is 5.69. The summed E-state index contributed by atoms with van der Waals surface area (Å²) in [4.78, 5) is 0. The van der Waals surface area contributed by atoms with Crippen LogP contribution in [-0.2, 0) is 0 Å². The molecule has 3 heteroatoms. The molecule has 78 valence electrons. The molecule has 1 fully saturated rings. The smallest absolute Gasteiger partial charge is 0.0950 e. The Hall–Kier alpha value is -0.800. The Morgan fingerprint density at radius 1 is 1.57 bits per heavy atom. The summed E-state index contributed by atoms with van der Waals surface area (Å²) in [5, 5.41) is 3.46. The van der Waals surface area contributed by atoms with E-state index in [0.717, 1.165) is 18.0 Å². The van der Waals surface area contributed by atoms with Crippen molar-refractivity contribution in [3.05, 3.63) is 24.2 Å². The first-order valence-corrected chi connectivity index (χ1v) is 5.35. The van der Waals surface area contributed by atoms with Gasteiger partial charge in [-0.1, -0.05) is 12.8 Å². The molecule has 1 aromatic heterocycles. The fraction of sp³-hybridized carbons (Fsp3) is 0.636. The summed E-state index contributed by atoms with van der Waals surface area (Å²) in [6.07, 6.45) is 7.58. The highest BCUT2D eigenvalue weighted by Gasteiger charge is 2.21. The second-order valence-corrected chi connectivity index (χ2v) is 4.03. The lowest BCUT2D eigenvalue weighted by Crippen LogP contribution is -2.28. The van der Waals surface area contributed by atoms with E-state index in [1.165, 1.54) is 19.3 Å². The van der Waals surface area contributed by atoms with Crippen LogP contribution in [0.15, 0.2) is 23.0 Å². The second kappa shape index (κ2) is 4.62. The van der Waals surface area contributed by atoms with Gasteiger partial charge >= 0.3 is 0 Å². The van der Waals surface area contributed by atoms with Gasteiger partial charge in [0.2, 0.25) is 0 Å². The SMILES string of the molecule is NCC(NCCC1CC1)c1ccoc1. The second-order valence-electron chi connectivity index (χ2n) is 4.03. The topological polar surface area (TPSA) is 51.2 Å². The van der Waals surface area contributed by atoms with E-state index in [2.05, 4.69) is 5.32 Å². The van der Waals surface area contributed by atoms with E-state index >= 15 is 0 Å². The number of furan rings is 1. The molecule has 1 saturated carbocycles. The lowest BCUT2D eigenvalue weighted by molar-refractivity contribution is 0.504. The van der Waals surface area contributed by atoms with Crippen LogP contribution >= 0.6 is 0 Å². The molecule has 0 bridgehead atoms. The third-order valence-corrected chi connectivity index (χ3v) is 2.82. The van der Waals surface area contributed by atoms with Gasteiger partial charge in [0, 0.05) is 18.2 Å². The van der Waals surface area contributed by atoms with Crippen LogP contribution in [0.1, 0.15) is 30.9 Å². The standard InChI is InChI=1S/C11H18N2O/c12-7-11(10-4-6-14-8-10)13-5-3-9-1-2-9/h4,6,8-9,11,13H,1-3,5,7,12H2. The fourth-order valence-corrected chi connectivity index (χ4v) is 1.68. The van der Waals surface area contributed by atoms with E-state index in [0.29, 0.717) is 6.54 Å². The van der Waals surface area contributed by atoms with Gasteiger partial charge in [-0.15, -0.1) is 0 Å². The fourth-order valence-electron chi connectivity index (χ4n) is 1.68. The van der Waals surface area contributed by atoms with Crippen LogP contribution in [0.5, 0.6) is 0 Å². The summed E-state index contributed by atoms with van der Waals surface area (Å²) in [6.45, 7) is 1.70. The first-order valence-electron chi connectivity index (χ1n) is 5.35. The van der Waals surface area contributed by atoms with Gasteiger partial charge in [-0.3, -0.25) is 0 Å². The lowest BCUT2D eigenvalue weighted by atomic mass is 10.1. The third-order valence-electron chi connectivity index (χ3n) is 2.82. The largest absolute Gasteiger partial charge is 0.472 e. The quantitative estimate of drug-likeness (QED) is 0.724. The van der Waals surface area contributed by atoms with Crippen LogP contribution in [-0.4, -0.2) is 13.1 Å². The molecule has 2 rings (SSSR count). The predicted molar refractivity (Wildman–Crippen MR) is 55.8 cm³/mol. The van der Waals surface area contributed by atoms with Crippen molar-refractivity contribution in [1.82, 2.24) is 5.32 Å². The van der Waals surface area contributed by atoms with Crippen LogP contribution in [0.4, 0.5) is 0 Å². The zero-order valence-corrected chi connectivity index (χ0v) is 8.41. The maximum absolute atomic E-state index is 5.69. The number of hydrogen-bond donors (Lipinski definition) is 2. The summed E-state index contributed by atoms with van der Waals surface area (Å²) in [6, 6.07) is 2.23. The number of nitrogens with two attached hydrogens (primary N) is 1. The average Bonchev–Trinajstić information content (AvgIpc) is 2.86. The van der Waals surface area contributed by atoms with Crippen LogP contribution in [0, 0.1) is 5.92 Å². The average molecular weight is 194 g/mol. The summed E-state index contributed by atoms with van der Waals surface area (Å²) < 4.78 is 5.04. The molecule has 1 aromatic rings. The zero-order chi connectivity index (χ0) is 9.80. The Morgan fingerprint density at radius 2 is 2.43 bits per heavy atom. The summed E-state index contributed by atoms with van der Waals surface area (Å²) >= 11 is 0. The Labute approximate surface area is 84.7 Å². The predicted octanol–water partition coefficient (Wildman–Crippen LogP) is 1.67. The molecule has 0 saturated heterocycles. The van der Waals surface area contributed by atoms with Gasteiger partial charge in [-0.25, -0.2) is 0 Å². The molecule has 0 aromatic carbocycles. The minimum absolute atomic E-state index is 0.257. The highest BCUT2D eigenvalue weighted by molar-refractivity contribution is 5.11. The molecule has 1 heterocycles. The molecule has 1 unspecified atom stereocenters. The molecule has 3 N–H and O–H groups in total. The highest BCUT2D eigenvalue weighted by Crippen LogP contribution is 2.31. The Kier molecular flexibility index (Phi) is 3.22. The maximum Gasteiger partial charge on any atom is 0.0950 e. The normalized spacial score (nSPS) is 18.4. The molecular formula is C11H18N2O. The molecular weight excluding hydrogens is 176 g/mol. The van der Waals surface area contributed by atoms with Crippen LogP contribution in [0.3, 0.4) is 0 Å². The Bertz CT molecular complexity index is 254. The number of nitrogens with one attached hydrogen (secondary N) is 1. The molecule has 3 nitrogen and oxygen atoms in total. The van der Waals surface area contributed by atoms with Gasteiger partial charge < -0.3 is 15.5 Å². The van der Waals surface area contributed by atoms with Gasteiger partial charge in [0.1, 0.15) is 0 Å². The Morgan fingerprint density at radius 3 is 3.00 bits per heavy atom. The molecule has 0 spiro atoms. The minimum atomic E-state index is 0.257. The van der Waals surface area contributed by atoms with Crippen molar-refractivity contribution in [2.24, 2.45) is 11.7 Å². The van der Waals surface area contributed by atoms with E-state index < -0.39 is 0 Å². The molecule has 14 heavy (non-hydrogen) atoms. The first kappa shape index (κ1) is 9.74. The van der Waals surface area contributed by atoms with Crippen molar-refractivity contribution < 1.29 is 4.42 Å². The molecule has 0 radical (unpaired) electrons. The van der Waals surface area contributed by atoms with Crippen molar-refractivity contribution in [2.75, 3.05) is 13.1 Å². The highest BCUT2D eigenvalue weighted by atomic mass is 16.3. The van der Waals surface area contributed by atoms with E-state index in [-0.39, 0.29) is 6.04 Å². The molecule has 1 aliphatic carbocycles. The summed E-state index contributed by atoms with van der Waals surface area (Å²) in [5.41, 5.74) is 6.85. The Balaban J connectivity index is 1.74. The number of hydrogen-bond acceptors (Lipinski definition) is 3. The minimum Gasteiger partial charge on any atom is -0.472 e. The molecule has 1 atom stereocenters. The van der Waals surface area contributed by atoms with Crippen molar-refractivity contribution in [2.45, 2.75) is 25.3 Å². The van der Waals surface area contributed by atoms with Gasteiger partial charge in [-0.05, 0) is 24.9 Å². The van der Waals surface area contributed by atoms with Crippen LogP contribution < -0.4 is 11.1 Å². The summed E-state index contributed by atoms with van der Waals surface area (Å²) in [7, 11) is 0. The lowest BCUT2D eigenvalue weighted by Gasteiger charge is -2.14. The number of rotatable bonds is 6. The van der Waals surface area contributed by atoms with Crippen molar-refractivity contribution in [1.29, 1.82) is 0 Å². The first-order chi connectivity index (χ1) is 6.90. The van der Waals surface area contributed by atoms with E-state index in [1.54, 1.807) is 12.5 Å². The van der Waals surface area contributed by atoms with E-state index in [1.807, 2.05) is 6.07 Å². The van der Waals surface area contributed by atoms with Crippen LogP contribution in [0.25, 0.3) is 0 Å². The van der Waals surface area contributed by atoms with Crippen molar-refractivity contribution >= 4 is 0 Å². The van der Waals surface area contributed by atoms with E-state index in [4.69, 9.17) is 10.2 Å². The monoisotopic (exact) mass is 194 g/mol. The van der Waals surface area contributed by atoms with Gasteiger partial charge in [-0.2, -0.15) is 0 Å². The van der Waals surface area contributed by atoms with Gasteiger partial charge in [0.05, 0.1) is 12.5 Å². The molecule has 0 aliphatic heterocycles. The van der Waals surface area contributed by atoms with Crippen molar-refractivity contribution in [3.8, 4) is 0 Å². The van der Waals surface area contributed by atoms with E-state index in [9.17, 15) is 0 Å². The van der Waals surface area contributed by atoms with Crippen molar-refractivity contribution in [3.63, 3.8) is 0 Å². The zero-order valence-electron chi connectivity index (χ0n) is 8.41. The van der Waals surface area contributed by atoms with Crippen LogP contribution in [0.2, 0.25) is 0 Å². The molecule has 1 aliphatic rings. The molecule has 0 amide bonds. The third kappa shape index (κ3) is 2.59. The summed E-state index contributed by atoms with van der Waals surface area (Å²) in [5.74, 6) is 0.977.